The molecular formula is C11H13BrF2OZn. The second-order valence-corrected chi connectivity index (χ2v) is 3.04. The molecule has 1 nitrogen and oxygen atoms in total. The fourth-order valence-electron chi connectivity index (χ4n) is 1.10. The number of hydrogen-bond donors (Lipinski definition) is 0. The summed E-state index contributed by atoms with van der Waals surface area (Å²) in [6.45, 7) is 2.41. The third kappa shape index (κ3) is 5.90. The van der Waals surface area contributed by atoms with Crippen molar-refractivity contribution in [3.8, 4) is 5.75 Å². The van der Waals surface area contributed by atoms with Crippen molar-refractivity contribution in [1.29, 1.82) is 0 Å². The van der Waals surface area contributed by atoms with E-state index in [1.807, 2.05) is 0 Å². The van der Waals surface area contributed by atoms with E-state index in [2.05, 4.69) is 26.6 Å². The number of halogens is 3. The van der Waals surface area contributed by atoms with Crippen molar-refractivity contribution in [3.63, 3.8) is 0 Å². The van der Waals surface area contributed by atoms with Gasteiger partial charge in [0, 0.05) is 0 Å². The van der Waals surface area contributed by atoms with Crippen LogP contribution < -0.4 is 4.74 Å². The Kier molecular flexibility index (Phi) is 10.1. The average Bonchev–Trinajstić information content (AvgIpc) is 2.30. The molecule has 1 aromatic carbocycles. The van der Waals surface area contributed by atoms with E-state index in [-0.39, 0.29) is 5.75 Å². The Morgan fingerprint density at radius 1 is 1.25 bits per heavy atom. The van der Waals surface area contributed by atoms with Crippen molar-refractivity contribution in [1.82, 2.24) is 0 Å². The SMILES string of the molecule is CCCCCOc1c(F)c[c-]cc1F.[Zn+][Br]. The molecule has 0 radical (unpaired) electrons. The normalized spacial score (nSPS) is 9.38. The molecule has 16 heavy (non-hydrogen) atoms. The zero-order valence-corrected chi connectivity index (χ0v) is 13.8. The first-order valence-corrected chi connectivity index (χ1v) is 11.9. The van der Waals surface area contributed by atoms with Crippen molar-refractivity contribution in [2.45, 2.75) is 26.2 Å². The van der Waals surface area contributed by atoms with E-state index in [4.69, 9.17) is 4.74 Å². The molecule has 0 atom stereocenters. The van der Waals surface area contributed by atoms with Gasteiger partial charge in [-0.1, -0.05) is 19.8 Å². The summed E-state index contributed by atoms with van der Waals surface area (Å²) in [6.07, 6.45) is 2.87. The Balaban J connectivity index is 0.00000106. The summed E-state index contributed by atoms with van der Waals surface area (Å²) in [4.78, 5) is 0. The van der Waals surface area contributed by atoms with Gasteiger partial charge in [-0.15, -0.1) is 12.1 Å². The Hall–Kier alpha value is -0.0166. The Bertz CT molecular complexity index is 277. The van der Waals surface area contributed by atoms with Crippen LogP contribution in [0.25, 0.3) is 0 Å². The predicted molar refractivity (Wildman–Crippen MR) is 59.1 cm³/mol. The van der Waals surface area contributed by atoms with Gasteiger partial charge < -0.3 is 4.74 Å². The molecule has 0 heterocycles. The van der Waals surface area contributed by atoms with Crippen LogP contribution in [0.1, 0.15) is 26.2 Å². The number of unbranched alkanes of at least 4 members (excludes halogenated alkanes) is 2. The fourth-order valence-corrected chi connectivity index (χ4v) is 1.10. The minimum atomic E-state index is -0.693. The molecule has 86 valence electrons. The van der Waals surface area contributed by atoms with Crippen molar-refractivity contribution < 1.29 is 29.9 Å². The summed E-state index contributed by atoms with van der Waals surface area (Å²) < 4.78 is 30.9. The first kappa shape index (κ1) is 16.0. The van der Waals surface area contributed by atoms with Crippen molar-refractivity contribution >= 4 is 13.6 Å². The Labute approximate surface area is 112 Å². The first-order valence-electron chi connectivity index (χ1n) is 5.00. The van der Waals surface area contributed by atoms with Gasteiger partial charge >= 0.3 is 30.0 Å². The minimum absolute atomic E-state index is 0.292. The Morgan fingerprint density at radius 3 is 2.31 bits per heavy atom. The number of hydrogen-bond acceptors (Lipinski definition) is 1. The molecule has 5 heteroatoms. The van der Waals surface area contributed by atoms with Crippen LogP contribution in [0.15, 0.2) is 12.1 Å². The van der Waals surface area contributed by atoms with Crippen molar-refractivity contribution in [2.24, 2.45) is 0 Å². The second-order valence-electron chi connectivity index (χ2n) is 3.04. The zero-order chi connectivity index (χ0) is 12.4. The molecule has 0 aliphatic rings. The molecule has 0 bridgehead atoms. The molecule has 0 saturated carbocycles. The van der Waals surface area contributed by atoms with Crippen LogP contribution >= 0.6 is 13.6 Å². The molecule has 0 aromatic heterocycles. The molecule has 0 N–H and O–H groups in total. The molecule has 1 rings (SSSR count). The second kappa shape index (κ2) is 10.2. The maximum absolute atomic E-state index is 13.0. The van der Waals surface area contributed by atoms with E-state index >= 15 is 0 Å². The summed E-state index contributed by atoms with van der Waals surface area (Å²) in [5.41, 5.74) is 0. The van der Waals surface area contributed by atoms with Crippen LogP contribution in [0.3, 0.4) is 0 Å². The summed E-state index contributed by atoms with van der Waals surface area (Å²) in [7, 11) is 0. The molecule has 0 amide bonds. The topological polar surface area (TPSA) is 9.23 Å². The number of benzene rings is 1. The first-order chi connectivity index (χ1) is 7.75. The predicted octanol–water partition coefficient (Wildman–Crippen LogP) is 4.18. The molecular weight excluding hydrogens is 331 g/mol. The van der Waals surface area contributed by atoms with Crippen LogP contribution in [-0.2, 0) is 16.3 Å². The van der Waals surface area contributed by atoms with Crippen LogP contribution in [-0.4, -0.2) is 6.61 Å². The van der Waals surface area contributed by atoms with E-state index in [9.17, 15) is 8.78 Å². The Morgan fingerprint density at radius 2 is 1.81 bits per heavy atom. The molecule has 0 unspecified atom stereocenters. The van der Waals surface area contributed by atoms with E-state index in [0.29, 0.717) is 6.61 Å². The van der Waals surface area contributed by atoms with Crippen LogP contribution in [0.4, 0.5) is 8.78 Å². The van der Waals surface area contributed by atoms with E-state index < -0.39 is 11.6 Å². The van der Waals surface area contributed by atoms with Gasteiger partial charge in [-0.25, -0.2) is 0 Å². The van der Waals surface area contributed by atoms with Crippen LogP contribution in [0.2, 0.25) is 0 Å². The molecule has 1 aromatic rings. The van der Waals surface area contributed by atoms with Gasteiger partial charge in [0.15, 0.2) is 0 Å². The maximum atomic E-state index is 13.0. The van der Waals surface area contributed by atoms with Gasteiger partial charge in [0.05, 0.1) is 24.0 Å². The summed E-state index contributed by atoms with van der Waals surface area (Å²) in [5, 5.41) is 0. The van der Waals surface area contributed by atoms with Gasteiger partial charge in [0.1, 0.15) is 0 Å². The summed E-state index contributed by atoms with van der Waals surface area (Å²) >= 11 is 4.25. The number of ether oxygens (including phenoxy) is 1. The van der Waals surface area contributed by atoms with Crippen LogP contribution in [0, 0.1) is 17.7 Å². The van der Waals surface area contributed by atoms with E-state index in [0.717, 1.165) is 31.4 Å². The monoisotopic (exact) mass is 342 g/mol. The molecule has 0 fully saturated rings. The van der Waals surface area contributed by atoms with Crippen molar-refractivity contribution in [3.05, 3.63) is 29.8 Å². The van der Waals surface area contributed by atoms with Crippen LogP contribution in [0.5, 0.6) is 5.75 Å². The van der Waals surface area contributed by atoms with Crippen molar-refractivity contribution in [2.75, 3.05) is 6.61 Å². The molecule has 0 aliphatic carbocycles. The van der Waals surface area contributed by atoms with Gasteiger partial charge in [-0.2, -0.15) is 6.07 Å². The standard InChI is InChI=1S/C11H13F2O.BrH.Zn/c1-2-3-4-8-14-11-9(12)6-5-7-10(11)13;;/h6-7H,2-4,8H2,1H3;1H;/q-1;;+2/p-1. The molecule has 0 aliphatic heterocycles. The van der Waals surface area contributed by atoms with E-state index in [1.54, 1.807) is 0 Å². The van der Waals surface area contributed by atoms with Gasteiger partial charge in [-0.3, -0.25) is 8.78 Å². The summed E-state index contributed by atoms with van der Waals surface area (Å²) in [6, 6.07) is 4.48. The van der Waals surface area contributed by atoms with Gasteiger partial charge in [-0.05, 0) is 6.42 Å². The fraction of sp³-hybridized carbons (Fsp3) is 0.455. The van der Waals surface area contributed by atoms with Gasteiger partial charge in [0.25, 0.3) is 0 Å². The van der Waals surface area contributed by atoms with Gasteiger partial charge in [0.2, 0.25) is 0 Å². The van der Waals surface area contributed by atoms with E-state index in [1.165, 1.54) is 16.3 Å². The molecule has 0 saturated heterocycles. The summed E-state index contributed by atoms with van der Waals surface area (Å²) in [5.74, 6) is -1.68. The average molecular weight is 345 g/mol. The molecule has 0 spiro atoms. The number of rotatable bonds is 5. The third-order valence-electron chi connectivity index (χ3n) is 1.85. The zero-order valence-electron chi connectivity index (χ0n) is 9.23. The third-order valence-corrected chi connectivity index (χ3v) is 1.85. The quantitative estimate of drug-likeness (QED) is 0.442.